The zero-order valence-electron chi connectivity index (χ0n) is 15.8. The highest BCUT2D eigenvalue weighted by molar-refractivity contribution is 5.64. The van der Waals surface area contributed by atoms with Gasteiger partial charge >= 0.3 is 12.2 Å². The molecule has 0 aliphatic heterocycles. The van der Waals surface area contributed by atoms with Gasteiger partial charge in [-0.1, -0.05) is 83.5 Å². The number of amides is 2. The first kappa shape index (κ1) is 23.5. The fourth-order valence-electron chi connectivity index (χ4n) is 2.85. The molecular formula is C19H38N2O4. The number of nitrogens with two attached hydrogens (primary N) is 2. The molecule has 6 nitrogen and oxygen atoms in total. The molecule has 25 heavy (non-hydrogen) atoms. The molecule has 0 fully saturated rings. The lowest BCUT2D eigenvalue weighted by Gasteiger charge is -2.04. The Labute approximate surface area is 153 Å². The van der Waals surface area contributed by atoms with E-state index in [2.05, 4.69) is 0 Å². The Morgan fingerprint density at radius 1 is 0.440 bits per heavy atom. The van der Waals surface area contributed by atoms with Crippen molar-refractivity contribution in [3.63, 3.8) is 0 Å². The van der Waals surface area contributed by atoms with Crippen LogP contribution in [0, 0.1) is 0 Å². The van der Waals surface area contributed by atoms with E-state index in [1.54, 1.807) is 0 Å². The van der Waals surface area contributed by atoms with Gasteiger partial charge in [0.25, 0.3) is 0 Å². The molecule has 0 aromatic carbocycles. The van der Waals surface area contributed by atoms with Gasteiger partial charge in [0.05, 0.1) is 13.2 Å². The van der Waals surface area contributed by atoms with E-state index < -0.39 is 12.2 Å². The van der Waals surface area contributed by atoms with Crippen LogP contribution in [0.1, 0.15) is 96.3 Å². The molecule has 2 amide bonds. The summed E-state index contributed by atoms with van der Waals surface area (Å²) in [4.78, 5) is 20.7. The minimum absolute atomic E-state index is 0.455. The Hall–Kier alpha value is -1.46. The first-order valence-corrected chi connectivity index (χ1v) is 9.97. The number of unbranched alkanes of at least 4 members (excludes halogenated alkanes) is 14. The van der Waals surface area contributed by atoms with Crippen molar-refractivity contribution < 1.29 is 19.1 Å². The Bertz CT molecular complexity index is 295. The number of carbonyl (C=O) groups excluding carboxylic acids is 2. The van der Waals surface area contributed by atoms with E-state index in [0.717, 1.165) is 25.7 Å². The molecule has 0 radical (unpaired) electrons. The third kappa shape index (κ3) is 22.5. The highest BCUT2D eigenvalue weighted by Gasteiger charge is 1.97. The molecule has 0 bridgehead atoms. The van der Waals surface area contributed by atoms with E-state index in [1.807, 2.05) is 0 Å². The largest absolute Gasteiger partial charge is 0.450 e. The smallest absolute Gasteiger partial charge is 0.404 e. The van der Waals surface area contributed by atoms with Crippen LogP contribution in [0.15, 0.2) is 0 Å². The fourth-order valence-corrected chi connectivity index (χ4v) is 2.85. The lowest BCUT2D eigenvalue weighted by atomic mass is 10.0. The summed E-state index contributed by atoms with van der Waals surface area (Å²) in [5.41, 5.74) is 9.79. The van der Waals surface area contributed by atoms with Crippen molar-refractivity contribution in [2.24, 2.45) is 11.5 Å². The molecule has 0 aliphatic carbocycles. The van der Waals surface area contributed by atoms with Gasteiger partial charge in [-0.3, -0.25) is 0 Å². The summed E-state index contributed by atoms with van der Waals surface area (Å²) in [5.74, 6) is 0. The maximum atomic E-state index is 10.4. The van der Waals surface area contributed by atoms with Crippen LogP contribution in [0.4, 0.5) is 9.59 Å². The molecule has 0 rings (SSSR count). The minimum atomic E-state index is -0.671. The zero-order chi connectivity index (χ0) is 18.6. The Kier molecular flexibility index (Phi) is 17.8. The molecule has 0 aliphatic rings. The summed E-state index contributed by atoms with van der Waals surface area (Å²) < 4.78 is 9.38. The van der Waals surface area contributed by atoms with Crippen LogP contribution < -0.4 is 11.5 Å². The summed E-state index contributed by atoms with van der Waals surface area (Å²) in [6.45, 7) is 0.910. The van der Waals surface area contributed by atoms with E-state index in [1.165, 1.54) is 70.6 Å². The van der Waals surface area contributed by atoms with Crippen LogP contribution in [0.3, 0.4) is 0 Å². The van der Waals surface area contributed by atoms with Crippen molar-refractivity contribution in [1.29, 1.82) is 0 Å². The molecule has 0 aromatic rings. The highest BCUT2D eigenvalue weighted by atomic mass is 16.5. The third-order valence-electron chi connectivity index (χ3n) is 4.28. The van der Waals surface area contributed by atoms with Crippen molar-refractivity contribution in [2.45, 2.75) is 96.3 Å². The van der Waals surface area contributed by atoms with E-state index in [-0.39, 0.29) is 0 Å². The van der Waals surface area contributed by atoms with Gasteiger partial charge in [0, 0.05) is 0 Å². The van der Waals surface area contributed by atoms with E-state index in [9.17, 15) is 9.59 Å². The normalized spacial score (nSPS) is 10.6. The molecule has 0 aromatic heterocycles. The summed E-state index contributed by atoms with van der Waals surface area (Å²) in [6.07, 6.45) is 17.0. The lowest BCUT2D eigenvalue weighted by Crippen LogP contribution is -2.13. The molecular weight excluding hydrogens is 320 g/mol. The predicted octanol–water partition coefficient (Wildman–Crippen LogP) is 5.03. The first-order chi connectivity index (χ1) is 12.1. The van der Waals surface area contributed by atoms with Gasteiger partial charge in [-0.25, -0.2) is 9.59 Å². The van der Waals surface area contributed by atoms with Gasteiger partial charge in [0.1, 0.15) is 0 Å². The third-order valence-corrected chi connectivity index (χ3v) is 4.28. The second-order valence-electron chi connectivity index (χ2n) is 6.64. The summed E-state index contributed by atoms with van der Waals surface area (Å²) in [7, 11) is 0. The monoisotopic (exact) mass is 358 g/mol. The molecule has 0 unspecified atom stereocenters. The molecule has 0 saturated carbocycles. The molecule has 6 heteroatoms. The number of hydrogen-bond acceptors (Lipinski definition) is 4. The number of rotatable bonds is 18. The topological polar surface area (TPSA) is 105 Å². The van der Waals surface area contributed by atoms with E-state index in [0.29, 0.717) is 13.2 Å². The molecule has 0 heterocycles. The molecule has 0 atom stereocenters. The zero-order valence-corrected chi connectivity index (χ0v) is 15.8. The molecule has 148 valence electrons. The maximum absolute atomic E-state index is 10.4. The van der Waals surface area contributed by atoms with Gasteiger partial charge in [-0.2, -0.15) is 0 Å². The van der Waals surface area contributed by atoms with Gasteiger partial charge in [-0.05, 0) is 12.8 Å². The van der Waals surface area contributed by atoms with Crippen LogP contribution >= 0.6 is 0 Å². The van der Waals surface area contributed by atoms with Crippen molar-refractivity contribution in [3.8, 4) is 0 Å². The fraction of sp³-hybridized carbons (Fsp3) is 0.895. The molecule has 4 N–H and O–H groups in total. The summed E-state index contributed by atoms with van der Waals surface area (Å²) in [5, 5.41) is 0. The average Bonchev–Trinajstić information content (AvgIpc) is 2.56. The van der Waals surface area contributed by atoms with E-state index >= 15 is 0 Å². The van der Waals surface area contributed by atoms with Crippen molar-refractivity contribution in [3.05, 3.63) is 0 Å². The second kappa shape index (κ2) is 18.9. The van der Waals surface area contributed by atoms with Gasteiger partial charge < -0.3 is 20.9 Å². The van der Waals surface area contributed by atoms with E-state index in [4.69, 9.17) is 20.9 Å². The quantitative estimate of drug-likeness (QED) is 0.335. The van der Waals surface area contributed by atoms with Crippen molar-refractivity contribution in [1.82, 2.24) is 0 Å². The minimum Gasteiger partial charge on any atom is -0.450 e. The number of ether oxygens (including phenoxy) is 2. The van der Waals surface area contributed by atoms with Gasteiger partial charge in [-0.15, -0.1) is 0 Å². The standard InChI is InChI=1S/C19H38N2O4/c20-18(22)24-16-14-12-10-8-6-4-2-1-3-5-7-9-11-13-15-17-25-19(21)23/h1-17H2,(H2,20,22)(H2,21,23). The second-order valence-corrected chi connectivity index (χ2v) is 6.64. The molecule has 0 spiro atoms. The van der Waals surface area contributed by atoms with Crippen LogP contribution in [0.25, 0.3) is 0 Å². The number of carbonyl (C=O) groups is 2. The lowest BCUT2D eigenvalue weighted by molar-refractivity contribution is 0.153. The SMILES string of the molecule is NC(=O)OCCCCCCCCCCCCCCCCCOC(N)=O. The van der Waals surface area contributed by atoms with Crippen LogP contribution in [0.2, 0.25) is 0 Å². The maximum Gasteiger partial charge on any atom is 0.404 e. The number of primary amides is 2. The van der Waals surface area contributed by atoms with Crippen LogP contribution in [-0.2, 0) is 9.47 Å². The Morgan fingerprint density at radius 2 is 0.640 bits per heavy atom. The number of hydrogen-bond donors (Lipinski definition) is 2. The summed E-state index contributed by atoms with van der Waals surface area (Å²) >= 11 is 0. The average molecular weight is 359 g/mol. The first-order valence-electron chi connectivity index (χ1n) is 9.97. The molecule has 0 saturated heterocycles. The summed E-state index contributed by atoms with van der Waals surface area (Å²) in [6, 6.07) is 0. The van der Waals surface area contributed by atoms with Crippen molar-refractivity contribution in [2.75, 3.05) is 13.2 Å². The highest BCUT2D eigenvalue weighted by Crippen LogP contribution is 2.13. The van der Waals surface area contributed by atoms with Crippen LogP contribution in [-0.4, -0.2) is 25.4 Å². The Morgan fingerprint density at radius 3 is 0.840 bits per heavy atom. The van der Waals surface area contributed by atoms with Gasteiger partial charge in [0.2, 0.25) is 0 Å². The Balaban J connectivity index is 3.00. The predicted molar refractivity (Wildman–Crippen MR) is 100 cm³/mol. The van der Waals surface area contributed by atoms with Crippen LogP contribution in [0.5, 0.6) is 0 Å². The van der Waals surface area contributed by atoms with Crippen molar-refractivity contribution >= 4 is 12.2 Å². The van der Waals surface area contributed by atoms with Gasteiger partial charge in [0.15, 0.2) is 0 Å².